The Kier molecular flexibility index (Phi) is 4.19. The number of nitrogens with one attached hydrogen (secondary N) is 1. The molecule has 0 spiro atoms. The molecule has 18 heavy (non-hydrogen) atoms. The van der Waals surface area contributed by atoms with Gasteiger partial charge in [0.05, 0.1) is 12.7 Å². The van der Waals surface area contributed by atoms with Crippen LogP contribution in [-0.4, -0.2) is 37.7 Å². The van der Waals surface area contributed by atoms with Crippen LogP contribution in [0.3, 0.4) is 0 Å². The van der Waals surface area contributed by atoms with Crippen LogP contribution in [0, 0.1) is 11.3 Å². The molecular weight excluding hydrogens is 226 g/mol. The lowest BCUT2D eigenvalue weighted by molar-refractivity contribution is 0.199. The molecule has 0 aromatic heterocycles. The van der Waals surface area contributed by atoms with E-state index in [2.05, 4.69) is 23.2 Å². The maximum absolute atomic E-state index is 8.95. The lowest BCUT2D eigenvalue weighted by Gasteiger charge is -2.31. The molecule has 4 heteroatoms. The Morgan fingerprint density at radius 1 is 1.56 bits per heavy atom. The van der Waals surface area contributed by atoms with Gasteiger partial charge in [0.15, 0.2) is 0 Å². The van der Waals surface area contributed by atoms with Gasteiger partial charge in [0.1, 0.15) is 11.8 Å². The Morgan fingerprint density at radius 2 is 2.39 bits per heavy atom. The Balaban J connectivity index is 2.07. The van der Waals surface area contributed by atoms with Gasteiger partial charge in [0.2, 0.25) is 0 Å². The minimum atomic E-state index is 0.541. The van der Waals surface area contributed by atoms with Crippen LogP contribution in [0.25, 0.3) is 0 Å². The Labute approximate surface area is 108 Å². The standard InChI is InChI=1S/C14H19N3O/c1-11-9-17(6-5-16-11)10-12-3-4-13(8-15)14(7-12)18-2/h3-4,7,11,16H,5-6,9-10H2,1-2H3. The van der Waals surface area contributed by atoms with Crippen molar-refractivity contribution in [3.8, 4) is 11.8 Å². The van der Waals surface area contributed by atoms with Crippen molar-refractivity contribution in [3.63, 3.8) is 0 Å². The second-order valence-corrected chi connectivity index (χ2v) is 4.74. The minimum absolute atomic E-state index is 0.541. The lowest BCUT2D eigenvalue weighted by Crippen LogP contribution is -2.48. The van der Waals surface area contributed by atoms with Crippen LogP contribution >= 0.6 is 0 Å². The molecule has 1 atom stereocenters. The van der Waals surface area contributed by atoms with Crippen molar-refractivity contribution >= 4 is 0 Å². The normalized spacial score (nSPS) is 20.4. The molecule has 4 nitrogen and oxygen atoms in total. The summed E-state index contributed by atoms with van der Waals surface area (Å²) in [7, 11) is 1.60. The van der Waals surface area contributed by atoms with Gasteiger partial charge in [-0.05, 0) is 24.6 Å². The Hall–Kier alpha value is -1.57. The van der Waals surface area contributed by atoms with Crippen molar-refractivity contribution in [2.75, 3.05) is 26.7 Å². The molecule has 0 radical (unpaired) electrons. The summed E-state index contributed by atoms with van der Waals surface area (Å²) in [6.07, 6.45) is 0. The quantitative estimate of drug-likeness (QED) is 0.873. The van der Waals surface area contributed by atoms with E-state index in [4.69, 9.17) is 10.00 Å². The maximum atomic E-state index is 8.95. The third-order valence-electron chi connectivity index (χ3n) is 3.25. The number of hydrogen-bond acceptors (Lipinski definition) is 4. The first-order valence-electron chi connectivity index (χ1n) is 6.25. The molecule has 1 heterocycles. The molecule has 0 aliphatic carbocycles. The fourth-order valence-corrected chi connectivity index (χ4v) is 2.34. The summed E-state index contributed by atoms with van der Waals surface area (Å²) < 4.78 is 5.23. The van der Waals surface area contributed by atoms with Gasteiger partial charge in [-0.2, -0.15) is 5.26 Å². The SMILES string of the molecule is COc1cc(CN2CCNC(C)C2)ccc1C#N. The number of ether oxygens (including phenoxy) is 1. The summed E-state index contributed by atoms with van der Waals surface area (Å²) in [6.45, 7) is 6.27. The van der Waals surface area contributed by atoms with Crippen molar-refractivity contribution in [1.82, 2.24) is 10.2 Å². The van der Waals surface area contributed by atoms with Gasteiger partial charge in [-0.15, -0.1) is 0 Å². The molecule has 0 saturated carbocycles. The molecular formula is C14H19N3O. The summed E-state index contributed by atoms with van der Waals surface area (Å²) in [5.41, 5.74) is 1.79. The first-order valence-corrected chi connectivity index (χ1v) is 6.25. The Morgan fingerprint density at radius 3 is 3.06 bits per heavy atom. The third-order valence-corrected chi connectivity index (χ3v) is 3.25. The number of hydrogen-bond donors (Lipinski definition) is 1. The van der Waals surface area contributed by atoms with E-state index < -0.39 is 0 Å². The first-order chi connectivity index (χ1) is 8.72. The zero-order valence-electron chi connectivity index (χ0n) is 10.9. The van der Waals surface area contributed by atoms with Gasteiger partial charge in [0, 0.05) is 32.2 Å². The van der Waals surface area contributed by atoms with E-state index in [1.54, 1.807) is 7.11 Å². The zero-order valence-corrected chi connectivity index (χ0v) is 10.9. The summed E-state index contributed by atoms with van der Waals surface area (Å²) >= 11 is 0. The van der Waals surface area contributed by atoms with Crippen LogP contribution in [0.4, 0.5) is 0 Å². The van der Waals surface area contributed by atoms with Gasteiger partial charge >= 0.3 is 0 Å². The van der Waals surface area contributed by atoms with E-state index in [0.717, 1.165) is 26.2 Å². The van der Waals surface area contributed by atoms with Crippen LogP contribution in [0.5, 0.6) is 5.75 Å². The topological polar surface area (TPSA) is 48.3 Å². The molecule has 1 fully saturated rings. The molecule has 1 aromatic rings. The summed E-state index contributed by atoms with van der Waals surface area (Å²) in [5.74, 6) is 0.665. The highest BCUT2D eigenvalue weighted by molar-refractivity contribution is 5.45. The van der Waals surface area contributed by atoms with E-state index in [-0.39, 0.29) is 0 Å². The molecule has 1 aliphatic rings. The van der Waals surface area contributed by atoms with E-state index >= 15 is 0 Å². The second kappa shape index (κ2) is 5.85. The highest BCUT2D eigenvalue weighted by Gasteiger charge is 2.16. The molecule has 2 rings (SSSR count). The Bertz CT molecular complexity index is 453. The summed E-state index contributed by atoms with van der Waals surface area (Å²) in [5, 5.41) is 12.4. The van der Waals surface area contributed by atoms with Crippen LogP contribution < -0.4 is 10.1 Å². The second-order valence-electron chi connectivity index (χ2n) is 4.74. The smallest absolute Gasteiger partial charge is 0.136 e. The highest BCUT2D eigenvalue weighted by atomic mass is 16.5. The van der Waals surface area contributed by atoms with Crippen molar-refractivity contribution in [2.24, 2.45) is 0 Å². The lowest BCUT2D eigenvalue weighted by atomic mass is 10.1. The van der Waals surface area contributed by atoms with Crippen molar-refractivity contribution in [2.45, 2.75) is 19.5 Å². The van der Waals surface area contributed by atoms with Crippen molar-refractivity contribution in [3.05, 3.63) is 29.3 Å². The molecule has 1 aromatic carbocycles. The maximum Gasteiger partial charge on any atom is 0.136 e. The average molecular weight is 245 g/mol. The highest BCUT2D eigenvalue weighted by Crippen LogP contribution is 2.20. The molecule has 1 N–H and O–H groups in total. The summed E-state index contributed by atoms with van der Waals surface area (Å²) in [4.78, 5) is 2.42. The first kappa shape index (κ1) is 12.9. The number of piperazine rings is 1. The van der Waals surface area contributed by atoms with E-state index in [1.807, 2.05) is 18.2 Å². The van der Waals surface area contributed by atoms with Gasteiger partial charge in [-0.1, -0.05) is 6.07 Å². The molecule has 0 amide bonds. The van der Waals surface area contributed by atoms with Crippen LogP contribution in [0.2, 0.25) is 0 Å². The van der Waals surface area contributed by atoms with Crippen LogP contribution in [-0.2, 0) is 6.54 Å². The number of methoxy groups -OCH3 is 1. The van der Waals surface area contributed by atoms with E-state index in [1.165, 1.54) is 5.56 Å². The molecule has 0 bridgehead atoms. The summed E-state index contributed by atoms with van der Waals surface area (Å²) in [6, 6.07) is 8.48. The fourth-order valence-electron chi connectivity index (χ4n) is 2.34. The van der Waals surface area contributed by atoms with Gasteiger partial charge < -0.3 is 10.1 Å². The predicted octanol–water partition coefficient (Wildman–Crippen LogP) is 1.36. The van der Waals surface area contributed by atoms with Crippen LogP contribution in [0.1, 0.15) is 18.1 Å². The zero-order chi connectivity index (χ0) is 13.0. The predicted molar refractivity (Wildman–Crippen MR) is 70.5 cm³/mol. The van der Waals surface area contributed by atoms with Gasteiger partial charge in [0.25, 0.3) is 0 Å². The third kappa shape index (κ3) is 3.00. The van der Waals surface area contributed by atoms with Gasteiger partial charge in [-0.3, -0.25) is 4.90 Å². The van der Waals surface area contributed by atoms with Gasteiger partial charge in [-0.25, -0.2) is 0 Å². The fraction of sp³-hybridized carbons (Fsp3) is 0.500. The van der Waals surface area contributed by atoms with E-state index in [9.17, 15) is 0 Å². The largest absolute Gasteiger partial charge is 0.495 e. The van der Waals surface area contributed by atoms with Crippen molar-refractivity contribution in [1.29, 1.82) is 5.26 Å². The molecule has 1 aliphatic heterocycles. The number of nitrogens with zero attached hydrogens (tertiary/aromatic N) is 2. The molecule has 96 valence electrons. The number of rotatable bonds is 3. The molecule has 1 saturated heterocycles. The number of nitriles is 1. The minimum Gasteiger partial charge on any atom is -0.495 e. The van der Waals surface area contributed by atoms with Crippen LogP contribution in [0.15, 0.2) is 18.2 Å². The number of benzene rings is 1. The van der Waals surface area contributed by atoms with E-state index in [0.29, 0.717) is 17.4 Å². The monoisotopic (exact) mass is 245 g/mol. The van der Waals surface area contributed by atoms with Crippen molar-refractivity contribution < 1.29 is 4.74 Å². The molecule has 1 unspecified atom stereocenters. The average Bonchev–Trinajstić information content (AvgIpc) is 2.38.